The number of aryl methyl sites for hydroxylation is 1. The molecule has 0 aromatic carbocycles. The van der Waals surface area contributed by atoms with E-state index in [4.69, 9.17) is 4.42 Å². The van der Waals surface area contributed by atoms with Crippen molar-refractivity contribution in [1.29, 1.82) is 0 Å². The van der Waals surface area contributed by atoms with Crippen LogP contribution in [0.4, 0.5) is 0 Å². The Morgan fingerprint density at radius 3 is 2.79 bits per heavy atom. The first-order chi connectivity index (χ1) is 9.22. The minimum atomic E-state index is 0.740. The van der Waals surface area contributed by atoms with Crippen LogP contribution in [-0.4, -0.2) is 24.0 Å². The van der Waals surface area contributed by atoms with Crippen LogP contribution < -0.4 is 5.32 Å². The molecular weight excluding hydrogens is 236 g/mol. The molecule has 1 saturated carbocycles. The summed E-state index contributed by atoms with van der Waals surface area (Å²) in [5.74, 6) is 2.23. The maximum Gasteiger partial charge on any atom is 0.120 e. The zero-order valence-electron chi connectivity index (χ0n) is 12.7. The van der Waals surface area contributed by atoms with Gasteiger partial charge < -0.3 is 9.73 Å². The maximum absolute atomic E-state index is 6.00. The van der Waals surface area contributed by atoms with Crippen LogP contribution in [0.1, 0.15) is 56.6 Å². The molecule has 2 rings (SSSR count). The van der Waals surface area contributed by atoms with Gasteiger partial charge in [0.05, 0.1) is 13.1 Å². The van der Waals surface area contributed by atoms with Crippen molar-refractivity contribution in [2.45, 2.75) is 65.6 Å². The Labute approximate surface area is 117 Å². The van der Waals surface area contributed by atoms with E-state index in [9.17, 15) is 0 Å². The van der Waals surface area contributed by atoms with E-state index in [1.165, 1.54) is 37.8 Å². The van der Waals surface area contributed by atoms with Crippen LogP contribution in [0.2, 0.25) is 0 Å². The highest BCUT2D eigenvalue weighted by atomic mass is 16.3. The highest BCUT2D eigenvalue weighted by molar-refractivity contribution is 5.20. The third kappa shape index (κ3) is 4.66. The summed E-state index contributed by atoms with van der Waals surface area (Å²) in [4.78, 5) is 2.46. The third-order valence-corrected chi connectivity index (χ3v) is 3.85. The summed E-state index contributed by atoms with van der Waals surface area (Å²) in [5, 5.41) is 3.52. The van der Waals surface area contributed by atoms with Gasteiger partial charge in [-0.2, -0.15) is 0 Å². The van der Waals surface area contributed by atoms with Gasteiger partial charge in [-0.05, 0) is 50.9 Å². The van der Waals surface area contributed by atoms with Crippen LogP contribution >= 0.6 is 0 Å². The van der Waals surface area contributed by atoms with Crippen LogP contribution in [0.15, 0.2) is 10.5 Å². The monoisotopic (exact) mass is 264 g/mol. The molecule has 1 fully saturated rings. The Kier molecular flexibility index (Phi) is 5.46. The highest BCUT2D eigenvalue weighted by Crippen LogP contribution is 2.21. The summed E-state index contributed by atoms with van der Waals surface area (Å²) in [7, 11) is 0. The van der Waals surface area contributed by atoms with Crippen LogP contribution in [0.3, 0.4) is 0 Å². The van der Waals surface area contributed by atoms with E-state index in [0.717, 1.165) is 37.2 Å². The molecule has 0 amide bonds. The maximum atomic E-state index is 6.00. The summed E-state index contributed by atoms with van der Waals surface area (Å²) in [6.07, 6.45) is 5.17. The van der Waals surface area contributed by atoms with E-state index in [2.05, 4.69) is 37.1 Å². The van der Waals surface area contributed by atoms with Gasteiger partial charge in [-0.3, -0.25) is 4.90 Å². The van der Waals surface area contributed by atoms with E-state index in [1.54, 1.807) is 0 Å². The van der Waals surface area contributed by atoms with Crippen molar-refractivity contribution >= 4 is 0 Å². The standard InChI is InChI=1S/C16H28N2O/c1-4-6-9-18(5-2)12-15-10-13(3)16(19-15)11-17-14-7-8-14/h10,14,17H,4-9,11-12H2,1-3H3. The number of unbranched alkanes of at least 4 members (excludes halogenated alkanes) is 1. The third-order valence-electron chi connectivity index (χ3n) is 3.85. The molecular formula is C16H28N2O. The second-order valence-corrected chi connectivity index (χ2v) is 5.70. The minimum absolute atomic E-state index is 0.740. The molecule has 19 heavy (non-hydrogen) atoms. The average Bonchev–Trinajstić information content (AvgIpc) is 3.17. The number of furan rings is 1. The van der Waals surface area contributed by atoms with E-state index in [-0.39, 0.29) is 0 Å². The number of nitrogens with zero attached hydrogens (tertiary/aromatic N) is 1. The predicted octanol–water partition coefficient (Wildman–Crippen LogP) is 3.46. The van der Waals surface area contributed by atoms with Crippen LogP contribution in [-0.2, 0) is 13.1 Å². The predicted molar refractivity (Wildman–Crippen MR) is 79.2 cm³/mol. The fraction of sp³-hybridized carbons (Fsp3) is 0.750. The van der Waals surface area contributed by atoms with Gasteiger partial charge in [0.25, 0.3) is 0 Å². The van der Waals surface area contributed by atoms with Gasteiger partial charge in [-0.1, -0.05) is 20.3 Å². The molecule has 0 unspecified atom stereocenters. The first-order valence-corrected chi connectivity index (χ1v) is 7.76. The highest BCUT2D eigenvalue weighted by Gasteiger charge is 2.21. The zero-order chi connectivity index (χ0) is 13.7. The topological polar surface area (TPSA) is 28.4 Å². The van der Waals surface area contributed by atoms with Gasteiger partial charge in [0.2, 0.25) is 0 Å². The molecule has 1 aromatic rings. The van der Waals surface area contributed by atoms with E-state index in [0.29, 0.717) is 0 Å². The fourth-order valence-corrected chi connectivity index (χ4v) is 2.32. The number of hydrogen-bond donors (Lipinski definition) is 1. The summed E-state index contributed by atoms with van der Waals surface area (Å²) >= 11 is 0. The lowest BCUT2D eigenvalue weighted by atomic mass is 10.2. The molecule has 0 saturated heterocycles. The summed E-state index contributed by atoms with van der Waals surface area (Å²) < 4.78 is 6.00. The quantitative estimate of drug-likeness (QED) is 0.740. The first kappa shape index (κ1) is 14.6. The molecule has 1 aliphatic carbocycles. The van der Waals surface area contributed by atoms with Crippen molar-refractivity contribution in [3.63, 3.8) is 0 Å². The summed E-state index contributed by atoms with van der Waals surface area (Å²) in [5.41, 5.74) is 1.29. The van der Waals surface area contributed by atoms with Gasteiger partial charge in [0, 0.05) is 6.04 Å². The molecule has 1 N–H and O–H groups in total. The van der Waals surface area contributed by atoms with Crippen molar-refractivity contribution in [2.24, 2.45) is 0 Å². The second-order valence-electron chi connectivity index (χ2n) is 5.70. The van der Waals surface area contributed by atoms with Crippen molar-refractivity contribution in [3.05, 3.63) is 23.2 Å². The van der Waals surface area contributed by atoms with Gasteiger partial charge >= 0.3 is 0 Å². The van der Waals surface area contributed by atoms with Crippen LogP contribution in [0.25, 0.3) is 0 Å². The second kappa shape index (κ2) is 7.11. The Morgan fingerprint density at radius 2 is 2.16 bits per heavy atom. The van der Waals surface area contributed by atoms with Gasteiger partial charge in [-0.15, -0.1) is 0 Å². The Balaban J connectivity index is 1.86. The van der Waals surface area contributed by atoms with Crippen molar-refractivity contribution in [1.82, 2.24) is 10.2 Å². The molecule has 0 atom stereocenters. The van der Waals surface area contributed by atoms with E-state index < -0.39 is 0 Å². The van der Waals surface area contributed by atoms with Crippen LogP contribution in [0.5, 0.6) is 0 Å². The molecule has 0 aliphatic heterocycles. The molecule has 0 spiro atoms. The summed E-state index contributed by atoms with van der Waals surface area (Å²) in [6, 6.07) is 2.95. The molecule has 3 heteroatoms. The number of hydrogen-bond acceptors (Lipinski definition) is 3. The summed E-state index contributed by atoms with van der Waals surface area (Å²) in [6.45, 7) is 10.7. The van der Waals surface area contributed by atoms with Gasteiger partial charge in [-0.25, -0.2) is 0 Å². The molecule has 0 bridgehead atoms. The Bertz CT molecular complexity index is 382. The normalized spacial score (nSPS) is 15.4. The zero-order valence-corrected chi connectivity index (χ0v) is 12.7. The lowest BCUT2D eigenvalue weighted by Gasteiger charge is -2.18. The SMILES string of the molecule is CCCCN(CC)Cc1cc(C)c(CNC2CC2)o1. The number of rotatable bonds is 9. The molecule has 1 heterocycles. The first-order valence-electron chi connectivity index (χ1n) is 7.76. The van der Waals surface area contributed by atoms with Gasteiger partial charge in [0.1, 0.15) is 11.5 Å². The molecule has 1 aromatic heterocycles. The average molecular weight is 264 g/mol. The molecule has 0 radical (unpaired) electrons. The molecule has 108 valence electrons. The van der Waals surface area contributed by atoms with Crippen molar-refractivity contribution in [2.75, 3.05) is 13.1 Å². The minimum Gasteiger partial charge on any atom is -0.463 e. The Morgan fingerprint density at radius 1 is 1.37 bits per heavy atom. The lowest BCUT2D eigenvalue weighted by molar-refractivity contribution is 0.249. The largest absolute Gasteiger partial charge is 0.463 e. The van der Waals surface area contributed by atoms with Gasteiger partial charge in [0.15, 0.2) is 0 Å². The molecule has 1 aliphatic rings. The fourth-order valence-electron chi connectivity index (χ4n) is 2.32. The van der Waals surface area contributed by atoms with E-state index in [1.807, 2.05) is 0 Å². The smallest absolute Gasteiger partial charge is 0.120 e. The lowest BCUT2D eigenvalue weighted by Crippen LogP contribution is -2.23. The molecule has 3 nitrogen and oxygen atoms in total. The van der Waals surface area contributed by atoms with E-state index >= 15 is 0 Å². The van der Waals surface area contributed by atoms with Crippen LogP contribution in [0, 0.1) is 6.92 Å². The van der Waals surface area contributed by atoms with Crippen molar-refractivity contribution < 1.29 is 4.42 Å². The van der Waals surface area contributed by atoms with Crippen molar-refractivity contribution in [3.8, 4) is 0 Å². The number of nitrogens with one attached hydrogen (secondary N) is 1. The Hall–Kier alpha value is -0.800.